The van der Waals surface area contributed by atoms with E-state index in [9.17, 15) is 24.9 Å². The standard InChI is InChI=1S/C24H33N3O4.C19H24N2O3.C19H35N/c1-18-7-6-8-19(2)24(18)25-23(29)16-27-13-11-26(12-14-27)15-20(28)17-31-22-10-5-4-9-21(22)30-3;1-13(7-8-14-5-3-2-4-6-14)21-12-18(23)15-9-10-17(22)16(11-15)19(20)24;1-3-9-16(10-4-1)19(17-11-5-2-6-12-17)15-18-13-7-8-14-20-18/h4-10,20,28H,11-17H2,1-3H3,(H,25,29);2-6,9-11,13,18,21-23H,7-8,12H2,1H3,(H2,20,24);16-20H,1-15H2. The number of rotatable bonds is 21. The van der Waals surface area contributed by atoms with Crippen LogP contribution in [0, 0.1) is 31.6 Å². The van der Waals surface area contributed by atoms with Crippen molar-refractivity contribution in [2.75, 3.05) is 71.4 Å². The Labute approximate surface area is 449 Å². The lowest BCUT2D eigenvalue weighted by molar-refractivity contribution is -0.117. The number of β-amino-alcohol motifs (C(OH)–C–C–N with tert-alkyl or cyclic N) is 1. The number of hydrogen-bond donors (Lipinski definition) is 7. The average molecular weight is 1030 g/mol. The van der Waals surface area contributed by atoms with E-state index < -0.39 is 18.1 Å². The fourth-order valence-corrected chi connectivity index (χ4v) is 11.7. The van der Waals surface area contributed by atoms with Crippen molar-refractivity contribution in [3.8, 4) is 17.2 Å². The second kappa shape index (κ2) is 31.9. The number of para-hydroxylation sites is 3. The molecule has 0 aromatic heterocycles. The number of aliphatic hydroxyl groups excluding tert-OH is 2. The molecule has 2 amide bonds. The van der Waals surface area contributed by atoms with Gasteiger partial charge in [-0.2, -0.15) is 0 Å². The molecule has 0 radical (unpaired) electrons. The molecule has 2 saturated carbocycles. The lowest BCUT2D eigenvalue weighted by Gasteiger charge is -2.40. The number of methoxy groups -OCH3 is 1. The Morgan fingerprint density at radius 1 is 0.760 bits per heavy atom. The van der Waals surface area contributed by atoms with Crippen LogP contribution in [0.1, 0.15) is 142 Å². The second-order valence-electron chi connectivity index (χ2n) is 21.8. The molecule has 8 N–H and O–H groups in total. The number of aromatic hydroxyl groups is 1. The van der Waals surface area contributed by atoms with Crippen LogP contribution in [0.4, 0.5) is 5.69 Å². The van der Waals surface area contributed by atoms with Crippen LogP contribution >= 0.6 is 0 Å². The molecule has 4 atom stereocenters. The SMILES string of the molecule is C1CCC(C(CC2CCCCN2)C2CCCCC2)CC1.CC(CCc1ccccc1)NCC(O)c1ccc(O)c(C(N)=O)c1.COc1ccccc1OCC(O)CN1CCN(CC(=O)Nc2c(C)cccc2C)CC1. The summed E-state index contributed by atoms with van der Waals surface area (Å²) in [5, 5.41) is 40.4. The van der Waals surface area contributed by atoms with Gasteiger partial charge in [0.05, 0.1) is 25.3 Å². The van der Waals surface area contributed by atoms with Crippen LogP contribution in [0.2, 0.25) is 0 Å². The molecule has 2 heterocycles. The van der Waals surface area contributed by atoms with E-state index in [0.717, 1.165) is 79.6 Å². The largest absolute Gasteiger partial charge is 0.507 e. The highest BCUT2D eigenvalue weighted by molar-refractivity contribution is 5.95. The van der Waals surface area contributed by atoms with Crippen molar-refractivity contribution >= 4 is 17.5 Å². The zero-order valence-electron chi connectivity index (χ0n) is 45.8. The molecule has 4 aromatic carbocycles. The maximum atomic E-state index is 12.5. The van der Waals surface area contributed by atoms with Crippen molar-refractivity contribution in [1.29, 1.82) is 0 Å². The molecular weight excluding hydrogens is 941 g/mol. The molecule has 4 fully saturated rings. The van der Waals surface area contributed by atoms with Gasteiger partial charge in [0, 0.05) is 57.0 Å². The highest BCUT2D eigenvalue weighted by atomic mass is 16.5. The minimum Gasteiger partial charge on any atom is -0.507 e. The van der Waals surface area contributed by atoms with Crippen LogP contribution in [0.5, 0.6) is 17.2 Å². The molecule has 4 aliphatic rings. The number of anilines is 1. The van der Waals surface area contributed by atoms with Crippen LogP contribution in [-0.4, -0.2) is 121 Å². The van der Waals surface area contributed by atoms with Gasteiger partial charge in [-0.25, -0.2) is 0 Å². The van der Waals surface area contributed by atoms with E-state index in [4.69, 9.17) is 15.2 Å². The maximum absolute atomic E-state index is 12.5. The summed E-state index contributed by atoms with van der Waals surface area (Å²) in [6.07, 6.45) is 21.7. The summed E-state index contributed by atoms with van der Waals surface area (Å²) < 4.78 is 11.0. The lowest BCUT2D eigenvalue weighted by atomic mass is 9.67. The molecule has 4 aromatic rings. The van der Waals surface area contributed by atoms with Crippen LogP contribution < -0.4 is 31.2 Å². The number of carbonyl (C=O) groups excluding carboxylic acids is 2. The number of nitrogens with one attached hydrogen (secondary N) is 3. The molecule has 8 rings (SSSR count). The Morgan fingerprint density at radius 2 is 1.37 bits per heavy atom. The fraction of sp³-hybridized carbons (Fsp3) is 0.581. The number of phenols is 1. The molecule has 2 saturated heterocycles. The van der Waals surface area contributed by atoms with Crippen molar-refractivity contribution in [2.24, 2.45) is 23.5 Å². The van der Waals surface area contributed by atoms with Crippen LogP contribution in [0.25, 0.3) is 0 Å². The predicted molar refractivity (Wildman–Crippen MR) is 303 cm³/mol. The number of carbonyl (C=O) groups is 2. The number of nitrogens with two attached hydrogens (primary N) is 1. The summed E-state index contributed by atoms with van der Waals surface area (Å²) in [4.78, 5) is 28.1. The van der Waals surface area contributed by atoms with Crippen LogP contribution in [0.15, 0.2) is 91.0 Å². The lowest BCUT2D eigenvalue weighted by Crippen LogP contribution is -2.50. The van der Waals surface area contributed by atoms with Gasteiger partial charge >= 0.3 is 0 Å². The summed E-state index contributed by atoms with van der Waals surface area (Å²) in [5.41, 5.74) is 10.1. The second-order valence-corrected chi connectivity index (χ2v) is 21.8. The highest BCUT2D eigenvalue weighted by Crippen LogP contribution is 2.43. The Morgan fingerprint density at radius 3 is 1.99 bits per heavy atom. The van der Waals surface area contributed by atoms with E-state index in [1.54, 1.807) is 38.9 Å². The van der Waals surface area contributed by atoms with Crippen LogP contribution in [-0.2, 0) is 11.2 Å². The minimum atomic E-state index is -0.775. The zero-order chi connectivity index (χ0) is 53.4. The molecule has 4 unspecified atom stereocenters. The molecule has 13 heteroatoms. The van der Waals surface area contributed by atoms with Gasteiger partial charge in [-0.05, 0) is 124 Å². The summed E-state index contributed by atoms with van der Waals surface area (Å²) >= 11 is 0. The number of ether oxygens (including phenoxy) is 2. The van der Waals surface area contributed by atoms with E-state index in [-0.39, 0.29) is 29.9 Å². The predicted octanol–water partition coefficient (Wildman–Crippen LogP) is 9.74. The first kappa shape index (κ1) is 59.2. The number of primary amides is 1. The Hall–Kier alpha value is -5.02. The number of amides is 2. The number of aryl methyl sites for hydroxylation is 3. The third-order valence-corrected chi connectivity index (χ3v) is 16.1. The summed E-state index contributed by atoms with van der Waals surface area (Å²) in [5.74, 6) is 3.62. The third-order valence-electron chi connectivity index (χ3n) is 16.1. The molecule has 0 spiro atoms. The average Bonchev–Trinajstić information content (AvgIpc) is 3.43. The van der Waals surface area contributed by atoms with Crippen molar-refractivity contribution in [1.82, 2.24) is 20.4 Å². The van der Waals surface area contributed by atoms with Gasteiger partial charge in [0.1, 0.15) is 18.5 Å². The highest BCUT2D eigenvalue weighted by Gasteiger charge is 2.33. The van der Waals surface area contributed by atoms with Gasteiger partial charge in [-0.1, -0.05) is 137 Å². The first-order valence-electron chi connectivity index (χ1n) is 28.4. The third kappa shape index (κ3) is 20.1. The summed E-state index contributed by atoms with van der Waals surface area (Å²) in [7, 11) is 1.60. The summed E-state index contributed by atoms with van der Waals surface area (Å²) in [6, 6.07) is 29.2. The Kier molecular flexibility index (Phi) is 25.2. The van der Waals surface area contributed by atoms with Gasteiger partial charge < -0.3 is 46.5 Å². The number of piperazine rings is 1. The van der Waals surface area contributed by atoms with E-state index in [1.807, 2.05) is 74.5 Å². The normalized spacial score (nSPS) is 19.1. The number of aliphatic hydroxyl groups is 2. The Bertz CT molecular complexity index is 2240. The van der Waals surface area contributed by atoms with Gasteiger partial charge in [0.2, 0.25) is 5.91 Å². The number of hydrogen-bond acceptors (Lipinski definition) is 11. The number of nitrogens with zero attached hydrogens (tertiary/aromatic N) is 2. The van der Waals surface area contributed by atoms with Gasteiger partial charge in [-0.15, -0.1) is 0 Å². The van der Waals surface area contributed by atoms with Crippen LogP contribution in [0.3, 0.4) is 0 Å². The van der Waals surface area contributed by atoms with E-state index in [1.165, 1.54) is 88.4 Å². The molecule has 412 valence electrons. The first-order chi connectivity index (χ1) is 36.4. The van der Waals surface area contributed by atoms with Crippen molar-refractivity contribution in [2.45, 2.75) is 148 Å². The molecule has 2 aliphatic carbocycles. The van der Waals surface area contributed by atoms with E-state index in [0.29, 0.717) is 36.7 Å². The molecule has 2 aliphatic heterocycles. The van der Waals surface area contributed by atoms with Gasteiger partial charge in [-0.3, -0.25) is 19.4 Å². The fourth-order valence-electron chi connectivity index (χ4n) is 11.7. The Balaban J connectivity index is 0.000000187. The van der Waals surface area contributed by atoms with E-state index >= 15 is 0 Å². The first-order valence-corrected chi connectivity index (χ1v) is 28.4. The quantitative estimate of drug-likeness (QED) is 0.0422. The zero-order valence-corrected chi connectivity index (χ0v) is 45.8. The van der Waals surface area contributed by atoms with Gasteiger partial charge in [0.15, 0.2) is 11.5 Å². The van der Waals surface area contributed by atoms with Crippen molar-refractivity contribution in [3.63, 3.8) is 0 Å². The maximum Gasteiger partial charge on any atom is 0.252 e. The minimum absolute atomic E-state index is 0.0103. The van der Waals surface area contributed by atoms with E-state index in [2.05, 4.69) is 44.8 Å². The number of piperidine rings is 1. The number of benzene rings is 4. The smallest absolute Gasteiger partial charge is 0.252 e. The topological polar surface area (TPSA) is 182 Å². The van der Waals surface area contributed by atoms with Crippen molar-refractivity contribution in [3.05, 3.63) is 119 Å². The monoisotopic (exact) mass is 1030 g/mol. The van der Waals surface area contributed by atoms with Crippen molar-refractivity contribution < 1.29 is 34.4 Å². The van der Waals surface area contributed by atoms with Gasteiger partial charge in [0.25, 0.3) is 5.91 Å². The molecule has 75 heavy (non-hydrogen) atoms. The molecular formula is C62H92N6O7. The molecule has 13 nitrogen and oxygen atoms in total. The molecule has 0 bridgehead atoms. The summed E-state index contributed by atoms with van der Waals surface area (Å²) in [6.45, 7) is 12.0.